The summed E-state index contributed by atoms with van der Waals surface area (Å²) in [6.45, 7) is 6.82. The lowest BCUT2D eigenvalue weighted by Crippen LogP contribution is -2.10. The lowest BCUT2D eigenvalue weighted by molar-refractivity contribution is -0.116. The highest BCUT2D eigenvalue weighted by atomic mass is 16.5. The van der Waals surface area contributed by atoms with Crippen molar-refractivity contribution >= 4 is 44.4 Å². The summed E-state index contributed by atoms with van der Waals surface area (Å²) in [7, 11) is 3.03. The monoisotopic (exact) mass is 497 g/mol. The molecule has 2 heterocycles. The van der Waals surface area contributed by atoms with Gasteiger partial charge in [0.1, 0.15) is 28.4 Å². The van der Waals surface area contributed by atoms with Crippen molar-refractivity contribution in [2.45, 2.75) is 34.1 Å². The van der Waals surface area contributed by atoms with Crippen LogP contribution in [0.5, 0.6) is 11.5 Å². The van der Waals surface area contributed by atoms with E-state index in [2.05, 4.69) is 4.98 Å². The van der Waals surface area contributed by atoms with Crippen LogP contribution in [0.3, 0.4) is 0 Å². The average Bonchev–Trinajstić information content (AvgIpc) is 2.81. The second-order valence-corrected chi connectivity index (χ2v) is 9.45. The number of carbonyl (C=O) groups is 2. The number of nitrogens with one attached hydrogen (secondary N) is 1. The smallest absolute Gasteiger partial charge is 0.182 e. The van der Waals surface area contributed by atoms with Crippen LogP contribution < -0.4 is 14.9 Å². The van der Waals surface area contributed by atoms with E-state index in [0.29, 0.717) is 39.4 Å². The predicted molar refractivity (Wildman–Crippen MR) is 144 cm³/mol. The van der Waals surface area contributed by atoms with Crippen LogP contribution in [0.1, 0.15) is 41.0 Å². The highest BCUT2D eigenvalue weighted by Gasteiger charge is 2.27. The topological polar surface area (TPSA) is 98.6 Å². The van der Waals surface area contributed by atoms with Gasteiger partial charge in [-0.3, -0.25) is 14.4 Å². The number of carbonyl (C=O) groups excluding carboxylic acids is 2. The maximum atomic E-state index is 12.9. The Morgan fingerprint density at radius 3 is 2.24 bits per heavy atom. The molecular weight excluding hydrogens is 470 g/mol. The van der Waals surface area contributed by atoms with E-state index in [1.54, 1.807) is 19.2 Å². The molecule has 5 aromatic rings. The Morgan fingerprint density at radius 1 is 0.892 bits per heavy atom. The number of fused-ring (bicyclic) bond motifs is 2. The van der Waals surface area contributed by atoms with Crippen molar-refractivity contribution in [1.82, 2.24) is 4.98 Å². The van der Waals surface area contributed by atoms with Gasteiger partial charge >= 0.3 is 0 Å². The lowest BCUT2D eigenvalue weighted by Gasteiger charge is -2.22. The van der Waals surface area contributed by atoms with Crippen LogP contribution in [0.4, 0.5) is 0 Å². The van der Waals surface area contributed by atoms with Crippen molar-refractivity contribution in [2.75, 3.05) is 14.2 Å². The molecule has 7 heteroatoms. The molecule has 0 unspecified atom stereocenters. The van der Waals surface area contributed by atoms with Crippen LogP contribution in [0.25, 0.3) is 44.0 Å². The number of hydrogen-bond acceptors (Lipinski definition) is 6. The third-order valence-electron chi connectivity index (χ3n) is 6.61. The van der Waals surface area contributed by atoms with Gasteiger partial charge in [0.15, 0.2) is 11.2 Å². The van der Waals surface area contributed by atoms with E-state index >= 15 is 0 Å². The van der Waals surface area contributed by atoms with Crippen molar-refractivity contribution in [3.05, 3.63) is 69.0 Å². The minimum absolute atomic E-state index is 0.0183. The van der Waals surface area contributed by atoms with Crippen LogP contribution in [0, 0.1) is 13.8 Å². The molecule has 0 aliphatic heterocycles. The van der Waals surface area contributed by atoms with Crippen LogP contribution in [0.15, 0.2) is 45.6 Å². The van der Waals surface area contributed by atoms with Crippen molar-refractivity contribution in [3.63, 3.8) is 0 Å². The summed E-state index contributed by atoms with van der Waals surface area (Å²) in [5, 5.41) is 2.31. The number of pyridine rings is 1. The predicted octanol–water partition coefficient (Wildman–Crippen LogP) is 6.06. The molecular formula is C30H27NO6. The Bertz CT molecular complexity index is 1820. The van der Waals surface area contributed by atoms with Crippen LogP contribution in [0.2, 0.25) is 0 Å². The quantitative estimate of drug-likeness (QED) is 0.174. The molecule has 188 valence electrons. The number of H-pyrrole nitrogens is 1. The van der Waals surface area contributed by atoms with E-state index in [-0.39, 0.29) is 23.4 Å². The van der Waals surface area contributed by atoms with Crippen LogP contribution in [-0.2, 0) is 11.2 Å². The van der Waals surface area contributed by atoms with Gasteiger partial charge in [-0.15, -0.1) is 0 Å². The summed E-state index contributed by atoms with van der Waals surface area (Å²) in [6, 6.07) is 10.6. The number of Topliss-reactive ketones (excluding diaryl/α,β-unsaturated/α-hetero) is 2. The van der Waals surface area contributed by atoms with Crippen LogP contribution >= 0.6 is 0 Å². The molecule has 0 saturated carbocycles. The highest BCUT2D eigenvalue weighted by Crippen LogP contribution is 2.46. The second kappa shape index (κ2) is 8.92. The number of rotatable bonds is 6. The zero-order valence-corrected chi connectivity index (χ0v) is 21.6. The Morgan fingerprint density at radius 2 is 1.59 bits per heavy atom. The van der Waals surface area contributed by atoms with Gasteiger partial charge in [-0.1, -0.05) is 6.07 Å². The molecule has 0 radical (unpaired) electrons. The maximum Gasteiger partial charge on any atom is 0.182 e. The molecule has 0 aliphatic rings. The molecule has 37 heavy (non-hydrogen) atoms. The fraction of sp³-hybridized carbons (Fsp3) is 0.233. The number of methoxy groups -OCH3 is 2. The van der Waals surface area contributed by atoms with E-state index < -0.39 is 0 Å². The van der Waals surface area contributed by atoms with Gasteiger partial charge < -0.3 is 18.9 Å². The fourth-order valence-corrected chi connectivity index (χ4v) is 5.31. The normalized spacial score (nSPS) is 11.4. The molecule has 0 fully saturated rings. The summed E-state index contributed by atoms with van der Waals surface area (Å²) in [5.74, 6) is 0.498. The number of ether oxygens (including phenoxy) is 2. The van der Waals surface area contributed by atoms with E-state index in [4.69, 9.17) is 13.9 Å². The molecule has 1 N–H and O–H groups in total. The molecule has 3 aromatic carbocycles. The van der Waals surface area contributed by atoms with Gasteiger partial charge in [0.25, 0.3) is 0 Å². The third-order valence-corrected chi connectivity index (χ3v) is 6.61. The summed E-state index contributed by atoms with van der Waals surface area (Å²) in [4.78, 5) is 41.2. The van der Waals surface area contributed by atoms with Gasteiger partial charge in [0, 0.05) is 40.6 Å². The lowest BCUT2D eigenvalue weighted by atomic mass is 9.86. The third kappa shape index (κ3) is 3.96. The molecule has 0 saturated heterocycles. The molecule has 0 spiro atoms. The fourth-order valence-electron chi connectivity index (χ4n) is 5.31. The zero-order chi connectivity index (χ0) is 26.6. The number of hydrogen-bond donors (Lipinski definition) is 1. The number of aryl methyl sites for hydroxylation is 2. The minimum atomic E-state index is -0.215. The van der Waals surface area contributed by atoms with Gasteiger partial charge in [0.05, 0.1) is 25.3 Å². The Labute approximate surface area is 213 Å². The highest BCUT2D eigenvalue weighted by molar-refractivity contribution is 6.20. The zero-order valence-electron chi connectivity index (χ0n) is 21.6. The first-order chi connectivity index (χ1) is 17.6. The van der Waals surface area contributed by atoms with Crippen molar-refractivity contribution < 1.29 is 23.5 Å². The van der Waals surface area contributed by atoms with Crippen molar-refractivity contribution in [1.29, 1.82) is 0 Å². The standard InChI is InChI=1S/C30H27NO6/c1-14-7-20(28-21(10-16(3)32)26(17(4)33)22(35-5)13-23(28)36-6)29-24(8-14)37-25-12-19(34)11-18-9-15(2)31-30(29)27(18)25/h7-9,11-13,31H,10H2,1-6H3. The van der Waals surface area contributed by atoms with E-state index in [9.17, 15) is 14.4 Å². The van der Waals surface area contributed by atoms with Crippen LogP contribution in [-0.4, -0.2) is 30.8 Å². The number of benzene rings is 3. The SMILES string of the molecule is COc1cc(OC)c(-c2cc(C)cc3oc4cc(=O)cc5cc(C)[nH]c(c23)c54)c(CC(C)=O)c1C(C)=O. The van der Waals surface area contributed by atoms with E-state index in [0.717, 1.165) is 38.5 Å². The van der Waals surface area contributed by atoms with Gasteiger partial charge in [0.2, 0.25) is 0 Å². The molecule has 5 rings (SSSR count). The van der Waals surface area contributed by atoms with Gasteiger partial charge in [-0.05, 0) is 68.0 Å². The summed E-state index contributed by atoms with van der Waals surface area (Å²) >= 11 is 0. The van der Waals surface area contributed by atoms with Gasteiger partial charge in [-0.2, -0.15) is 0 Å². The Hall–Kier alpha value is -4.39. The number of aromatic amines is 1. The van der Waals surface area contributed by atoms with Gasteiger partial charge in [-0.25, -0.2) is 0 Å². The molecule has 0 atom stereocenters. The Kier molecular flexibility index (Phi) is 5.86. The maximum absolute atomic E-state index is 12.9. The largest absolute Gasteiger partial charge is 0.496 e. The summed E-state index contributed by atoms with van der Waals surface area (Å²) in [6.07, 6.45) is 0.0183. The number of ketones is 2. The molecule has 0 amide bonds. The van der Waals surface area contributed by atoms with E-state index in [1.165, 1.54) is 27.0 Å². The van der Waals surface area contributed by atoms with E-state index in [1.807, 2.05) is 32.0 Å². The molecule has 0 aliphatic carbocycles. The van der Waals surface area contributed by atoms with Crippen molar-refractivity contribution in [2.24, 2.45) is 0 Å². The van der Waals surface area contributed by atoms with Crippen molar-refractivity contribution in [3.8, 4) is 22.6 Å². The summed E-state index contributed by atoms with van der Waals surface area (Å²) in [5.41, 5.74) is 5.71. The first-order valence-corrected chi connectivity index (χ1v) is 11.9. The molecule has 0 bridgehead atoms. The summed E-state index contributed by atoms with van der Waals surface area (Å²) < 4.78 is 17.7. The average molecular weight is 498 g/mol. The number of aromatic nitrogens is 1. The Balaban J connectivity index is 2.06. The first kappa shape index (κ1) is 24.3. The molecule has 7 nitrogen and oxygen atoms in total. The molecule has 2 aromatic heterocycles. The minimum Gasteiger partial charge on any atom is -0.496 e. The second-order valence-electron chi connectivity index (χ2n) is 9.45. The first-order valence-electron chi connectivity index (χ1n) is 11.9.